The first-order valence-corrected chi connectivity index (χ1v) is 10.9. The molecule has 29 heavy (non-hydrogen) atoms. The van der Waals surface area contributed by atoms with Gasteiger partial charge in [-0.1, -0.05) is 35.3 Å². The van der Waals surface area contributed by atoms with Crippen molar-refractivity contribution in [2.24, 2.45) is 5.92 Å². The molecule has 1 atom stereocenters. The highest BCUT2D eigenvalue weighted by atomic mass is 35.5. The van der Waals surface area contributed by atoms with Crippen molar-refractivity contribution in [2.45, 2.75) is 19.3 Å². The van der Waals surface area contributed by atoms with E-state index in [2.05, 4.69) is 25.2 Å². The maximum Gasteiger partial charge on any atom is 0.231 e. The molecule has 1 aliphatic rings. The summed E-state index contributed by atoms with van der Waals surface area (Å²) in [6.45, 7) is 1.51. The number of carbonyl (C=O) groups is 1. The summed E-state index contributed by atoms with van der Waals surface area (Å²) in [6, 6.07) is 5.58. The Morgan fingerprint density at radius 1 is 1.24 bits per heavy atom. The van der Waals surface area contributed by atoms with E-state index in [1.807, 2.05) is 12.1 Å². The lowest BCUT2D eigenvalue weighted by atomic mass is 9.97. The van der Waals surface area contributed by atoms with Crippen LogP contribution < -0.4 is 10.2 Å². The molecular weight excluding hydrogens is 429 g/mol. The molecule has 6 nitrogen and oxygen atoms in total. The van der Waals surface area contributed by atoms with Crippen LogP contribution in [0.1, 0.15) is 23.3 Å². The van der Waals surface area contributed by atoms with Crippen molar-refractivity contribution in [3.05, 3.63) is 63.5 Å². The highest BCUT2D eigenvalue weighted by molar-refractivity contribution is 7.15. The van der Waals surface area contributed by atoms with Gasteiger partial charge in [0.1, 0.15) is 5.82 Å². The second-order valence-corrected chi connectivity index (χ2v) is 8.76. The average molecular weight is 448 g/mol. The molecular formula is C20H19Cl2N5OS. The van der Waals surface area contributed by atoms with E-state index in [0.29, 0.717) is 28.1 Å². The van der Waals surface area contributed by atoms with E-state index in [0.717, 1.165) is 35.6 Å². The third-order valence-corrected chi connectivity index (χ3v) is 6.62. The number of piperidine rings is 1. The number of nitrogens with zero attached hydrogens (tertiary/aromatic N) is 4. The molecule has 1 fully saturated rings. The molecule has 0 spiro atoms. The van der Waals surface area contributed by atoms with Gasteiger partial charge in [0.25, 0.3) is 0 Å². The molecule has 3 heterocycles. The summed E-state index contributed by atoms with van der Waals surface area (Å²) in [5, 5.41) is 4.65. The van der Waals surface area contributed by atoms with Crippen LogP contribution in [-0.4, -0.2) is 33.9 Å². The van der Waals surface area contributed by atoms with Crippen LogP contribution in [0.15, 0.2) is 43.0 Å². The van der Waals surface area contributed by atoms with E-state index in [1.54, 1.807) is 30.9 Å². The molecule has 0 radical (unpaired) electrons. The topological polar surface area (TPSA) is 71.0 Å². The van der Waals surface area contributed by atoms with Gasteiger partial charge in [0.2, 0.25) is 5.91 Å². The van der Waals surface area contributed by atoms with Gasteiger partial charge in [0.05, 0.1) is 22.2 Å². The molecule has 1 saturated heterocycles. The first-order chi connectivity index (χ1) is 14.1. The van der Waals surface area contributed by atoms with Crippen LogP contribution in [0.25, 0.3) is 0 Å². The van der Waals surface area contributed by atoms with Gasteiger partial charge in [-0.05, 0) is 24.5 Å². The van der Waals surface area contributed by atoms with Crippen molar-refractivity contribution < 1.29 is 4.79 Å². The molecule has 1 aliphatic heterocycles. The standard InChI is InChI=1S/C20H19Cl2N5OS/c21-16-5-1-3-13(18(16)22)9-15-10-25-20(29-15)26-19(28)14-4-2-8-27(12-14)17-11-23-6-7-24-17/h1,3,5-7,10-11,14H,2,4,8-9,12H2,(H,25,26,28). The van der Waals surface area contributed by atoms with E-state index < -0.39 is 0 Å². The maximum absolute atomic E-state index is 12.8. The fraction of sp³-hybridized carbons (Fsp3) is 0.300. The third-order valence-electron chi connectivity index (χ3n) is 4.85. The van der Waals surface area contributed by atoms with Crippen LogP contribution in [0.4, 0.5) is 10.9 Å². The predicted molar refractivity (Wildman–Crippen MR) is 117 cm³/mol. The Morgan fingerprint density at radius 3 is 2.97 bits per heavy atom. The Bertz CT molecular complexity index is 998. The minimum Gasteiger partial charge on any atom is -0.355 e. The number of amides is 1. The lowest BCUT2D eigenvalue weighted by Gasteiger charge is -2.32. The van der Waals surface area contributed by atoms with E-state index >= 15 is 0 Å². The summed E-state index contributed by atoms with van der Waals surface area (Å²) in [7, 11) is 0. The van der Waals surface area contributed by atoms with Gasteiger partial charge in [-0.2, -0.15) is 0 Å². The number of carbonyl (C=O) groups excluding carboxylic acids is 1. The number of benzene rings is 1. The maximum atomic E-state index is 12.8. The molecule has 2 aromatic heterocycles. The Kier molecular flexibility index (Phi) is 6.28. The Labute approximate surface area is 182 Å². The first-order valence-electron chi connectivity index (χ1n) is 9.29. The van der Waals surface area contributed by atoms with Gasteiger partial charge < -0.3 is 10.2 Å². The summed E-state index contributed by atoms with van der Waals surface area (Å²) in [5.74, 6) is 0.681. The second-order valence-electron chi connectivity index (χ2n) is 6.86. The highest BCUT2D eigenvalue weighted by Gasteiger charge is 2.27. The number of nitrogens with one attached hydrogen (secondary N) is 1. The quantitative estimate of drug-likeness (QED) is 0.614. The van der Waals surface area contributed by atoms with Crippen LogP contribution in [0.3, 0.4) is 0 Å². The van der Waals surface area contributed by atoms with Crippen molar-refractivity contribution in [3.63, 3.8) is 0 Å². The lowest BCUT2D eigenvalue weighted by Crippen LogP contribution is -2.41. The van der Waals surface area contributed by atoms with Crippen LogP contribution in [0, 0.1) is 5.92 Å². The Morgan fingerprint density at radius 2 is 2.14 bits per heavy atom. The van der Waals surface area contributed by atoms with Crippen LogP contribution in [0.2, 0.25) is 10.0 Å². The van der Waals surface area contributed by atoms with Crippen molar-refractivity contribution in [3.8, 4) is 0 Å². The zero-order valence-electron chi connectivity index (χ0n) is 15.5. The fourth-order valence-electron chi connectivity index (χ4n) is 3.38. The summed E-state index contributed by atoms with van der Waals surface area (Å²) in [5.41, 5.74) is 0.938. The van der Waals surface area contributed by atoms with Gasteiger partial charge in [0, 0.05) is 43.0 Å². The summed E-state index contributed by atoms with van der Waals surface area (Å²) < 4.78 is 0. The number of aromatic nitrogens is 3. The van der Waals surface area contributed by atoms with Gasteiger partial charge >= 0.3 is 0 Å². The van der Waals surface area contributed by atoms with Crippen LogP contribution in [-0.2, 0) is 11.2 Å². The van der Waals surface area contributed by atoms with Crippen molar-refractivity contribution in [1.29, 1.82) is 0 Å². The molecule has 1 unspecified atom stereocenters. The molecule has 3 aromatic rings. The second kappa shape index (κ2) is 9.07. The molecule has 150 valence electrons. The highest BCUT2D eigenvalue weighted by Crippen LogP contribution is 2.30. The predicted octanol–water partition coefficient (Wildman–Crippen LogP) is 4.69. The van der Waals surface area contributed by atoms with Crippen molar-refractivity contribution in [2.75, 3.05) is 23.3 Å². The molecule has 4 rings (SSSR count). The number of rotatable bonds is 5. The number of anilines is 2. The Balaban J connectivity index is 1.38. The SMILES string of the molecule is O=C(Nc1ncc(Cc2cccc(Cl)c2Cl)s1)C1CCCN(c2cnccn2)C1. The van der Waals surface area contributed by atoms with Crippen molar-refractivity contribution >= 4 is 51.4 Å². The fourth-order valence-corrected chi connectivity index (χ4v) is 4.61. The summed E-state index contributed by atoms with van der Waals surface area (Å²) >= 11 is 13.8. The van der Waals surface area contributed by atoms with E-state index in [-0.39, 0.29) is 11.8 Å². The van der Waals surface area contributed by atoms with Crippen LogP contribution in [0.5, 0.6) is 0 Å². The monoisotopic (exact) mass is 447 g/mol. The minimum atomic E-state index is -0.111. The summed E-state index contributed by atoms with van der Waals surface area (Å²) in [6.07, 6.45) is 9.22. The van der Waals surface area contributed by atoms with E-state index in [4.69, 9.17) is 23.2 Å². The number of hydrogen-bond acceptors (Lipinski definition) is 6. The normalized spacial score (nSPS) is 16.6. The molecule has 0 aliphatic carbocycles. The number of thiazole rings is 1. The van der Waals surface area contributed by atoms with Crippen molar-refractivity contribution in [1.82, 2.24) is 15.0 Å². The number of halogens is 2. The van der Waals surface area contributed by atoms with Gasteiger partial charge in [-0.15, -0.1) is 11.3 Å². The number of hydrogen-bond donors (Lipinski definition) is 1. The summed E-state index contributed by atoms with van der Waals surface area (Å²) in [4.78, 5) is 28.7. The van der Waals surface area contributed by atoms with E-state index in [9.17, 15) is 4.79 Å². The molecule has 1 N–H and O–H groups in total. The van der Waals surface area contributed by atoms with Gasteiger partial charge in [-0.25, -0.2) is 9.97 Å². The molecule has 0 bridgehead atoms. The largest absolute Gasteiger partial charge is 0.355 e. The molecule has 9 heteroatoms. The third kappa shape index (κ3) is 4.86. The van der Waals surface area contributed by atoms with E-state index in [1.165, 1.54) is 11.3 Å². The average Bonchev–Trinajstić information content (AvgIpc) is 3.19. The van der Waals surface area contributed by atoms with Gasteiger partial charge in [0.15, 0.2) is 5.13 Å². The molecule has 0 saturated carbocycles. The zero-order valence-corrected chi connectivity index (χ0v) is 17.8. The Hall–Kier alpha value is -2.22. The van der Waals surface area contributed by atoms with Crippen LogP contribution >= 0.6 is 34.5 Å². The molecule has 1 aromatic carbocycles. The zero-order chi connectivity index (χ0) is 20.2. The smallest absolute Gasteiger partial charge is 0.231 e. The minimum absolute atomic E-state index is 0.0136. The lowest BCUT2D eigenvalue weighted by molar-refractivity contribution is -0.120. The first kappa shape index (κ1) is 20.1. The molecule has 1 amide bonds. The van der Waals surface area contributed by atoms with Gasteiger partial charge in [-0.3, -0.25) is 9.78 Å².